The van der Waals surface area contributed by atoms with Gasteiger partial charge in [-0.25, -0.2) is 0 Å². The SMILES string of the molecule is CO[C@@H]1[C@@H](O[C@@H]2O[C@H](C)[C@H](O[C@@H]3C[C@](C)(O)[C@H](O)[C@H](C)O3)[C@H](N(C)C)[C@@H]2O)[C@@H](CC=O)C[C@@H](C)[C@@H](O[C@@H]2CC[C@@H](N(C)C)[C@H](C)O2)/C=C/C=C\C[C@@H](C)OC(=O)C[C@H]1O. The normalized spacial score (nSPS) is 45.8. The first-order valence-electron chi connectivity index (χ1n) is 21.3. The Bertz CT molecular complexity index is 1370. The molecule has 340 valence electrons. The molecule has 4 N–H and O–H groups in total. The highest BCUT2D eigenvalue weighted by molar-refractivity contribution is 5.70. The summed E-state index contributed by atoms with van der Waals surface area (Å²) in [5.41, 5.74) is -1.47. The number of allylic oxidation sites excluding steroid dienone is 2. The summed E-state index contributed by atoms with van der Waals surface area (Å²) in [5, 5.41) is 45.1. The van der Waals surface area contributed by atoms with Crippen molar-refractivity contribution < 1.29 is 67.9 Å². The highest BCUT2D eigenvalue weighted by atomic mass is 16.7. The van der Waals surface area contributed by atoms with E-state index in [9.17, 15) is 30.0 Å². The number of aldehydes is 1. The Labute approximate surface area is 351 Å². The quantitative estimate of drug-likeness (QED) is 0.175. The fourth-order valence-corrected chi connectivity index (χ4v) is 9.10. The molecule has 4 heterocycles. The maximum absolute atomic E-state index is 13.1. The van der Waals surface area contributed by atoms with Crippen LogP contribution in [0.3, 0.4) is 0 Å². The number of methoxy groups -OCH3 is 1. The molecule has 0 bridgehead atoms. The first-order valence-corrected chi connectivity index (χ1v) is 21.3. The van der Waals surface area contributed by atoms with Gasteiger partial charge in [0.05, 0.1) is 54.7 Å². The van der Waals surface area contributed by atoms with E-state index in [-0.39, 0.29) is 30.9 Å². The molecular weight excluding hydrogens is 768 g/mol. The molecule has 0 aromatic carbocycles. The second-order valence-electron chi connectivity index (χ2n) is 17.8. The Morgan fingerprint density at radius 2 is 1.56 bits per heavy atom. The third kappa shape index (κ3) is 13.3. The van der Waals surface area contributed by atoms with Gasteiger partial charge in [0, 0.05) is 32.4 Å². The van der Waals surface area contributed by atoms with Crippen LogP contribution in [0.25, 0.3) is 0 Å². The molecule has 3 fully saturated rings. The lowest BCUT2D eigenvalue weighted by Crippen LogP contribution is -2.65. The third-order valence-corrected chi connectivity index (χ3v) is 12.4. The Kier molecular flexibility index (Phi) is 18.9. The van der Waals surface area contributed by atoms with Crippen molar-refractivity contribution >= 4 is 12.3 Å². The topological polar surface area (TPSA) is 195 Å². The number of nitrogens with zero attached hydrogens (tertiary/aromatic N) is 2. The van der Waals surface area contributed by atoms with Crippen molar-refractivity contribution in [2.45, 2.75) is 190 Å². The molecule has 0 unspecified atom stereocenters. The number of hydrogen-bond donors (Lipinski definition) is 4. The Morgan fingerprint density at radius 1 is 0.864 bits per heavy atom. The fourth-order valence-electron chi connectivity index (χ4n) is 9.10. The van der Waals surface area contributed by atoms with Gasteiger partial charge in [-0.15, -0.1) is 0 Å². The van der Waals surface area contributed by atoms with Gasteiger partial charge in [0.1, 0.15) is 36.8 Å². The van der Waals surface area contributed by atoms with Crippen LogP contribution in [0.15, 0.2) is 24.3 Å². The Balaban J connectivity index is 1.66. The molecule has 4 rings (SSSR count). The first kappa shape index (κ1) is 49.8. The zero-order valence-electron chi connectivity index (χ0n) is 37.0. The second kappa shape index (κ2) is 22.5. The van der Waals surface area contributed by atoms with Gasteiger partial charge in [-0.1, -0.05) is 31.2 Å². The number of aliphatic hydroxyl groups is 4. The number of carbonyl (C=O) groups is 2. The monoisotopic (exact) mass is 843 g/mol. The second-order valence-corrected chi connectivity index (χ2v) is 17.8. The standard InChI is InChI=1S/C43H74N2O14/c1-24-21-29(19-20-46)39(59-42-37(49)36(45(9)10)38(27(4)56-42)58-35-23-43(6,51)41(50)28(5)55-35)40(52-11)31(47)22-33(48)53-25(2)15-13-12-14-16-32(24)57-34-18-17-30(44(7)8)26(3)54-34/h12-14,16,20,24-32,34-42,47,49-51H,15,17-19,21-23H2,1-11H3/b13-12-,16-14+/t24-,25-,26+,27-,28+,29+,30-,31-,32+,34-,35-,36-,37+,38+,39+,40+,41-,42+,43+/m1/s1. The van der Waals surface area contributed by atoms with E-state index >= 15 is 0 Å². The zero-order valence-corrected chi connectivity index (χ0v) is 37.0. The molecule has 19 atom stereocenters. The summed E-state index contributed by atoms with van der Waals surface area (Å²) < 4.78 is 50.0. The van der Waals surface area contributed by atoms with Crippen molar-refractivity contribution in [3.8, 4) is 0 Å². The van der Waals surface area contributed by atoms with Crippen LogP contribution in [-0.4, -0.2) is 181 Å². The van der Waals surface area contributed by atoms with Gasteiger partial charge in [0.25, 0.3) is 0 Å². The molecule has 0 aliphatic carbocycles. The summed E-state index contributed by atoms with van der Waals surface area (Å²) in [6, 6.07) is -0.466. The highest BCUT2D eigenvalue weighted by Crippen LogP contribution is 2.37. The molecule has 3 saturated heterocycles. The van der Waals surface area contributed by atoms with Crippen LogP contribution in [0.4, 0.5) is 0 Å². The van der Waals surface area contributed by atoms with E-state index in [2.05, 4.69) is 4.90 Å². The van der Waals surface area contributed by atoms with Crippen molar-refractivity contribution in [2.24, 2.45) is 11.8 Å². The van der Waals surface area contributed by atoms with Crippen molar-refractivity contribution in [3.05, 3.63) is 24.3 Å². The average molecular weight is 843 g/mol. The molecule has 0 saturated carbocycles. The van der Waals surface area contributed by atoms with E-state index < -0.39 is 110 Å². The Hall–Kier alpha value is -1.90. The van der Waals surface area contributed by atoms with Crippen LogP contribution in [0.5, 0.6) is 0 Å². The number of aliphatic hydroxyl groups excluding tert-OH is 3. The molecule has 4 aliphatic heterocycles. The molecule has 0 aromatic rings. The lowest BCUT2D eigenvalue weighted by Gasteiger charge is -2.50. The molecule has 4 aliphatic rings. The maximum Gasteiger partial charge on any atom is 0.308 e. The van der Waals surface area contributed by atoms with E-state index in [0.717, 1.165) is 12.7 Å². The molecule has 16 nitrogen and oxygen atoms in total. The number of rotatable bonds is 11. The minimum atomic E-state index is -1.47. The van der Waals surface area contributed by atoms with E-state index in [1.54, 1.807) is 39.8 Å². The molecule has 59 heavy (non-hydrogen) atoms. The third-order valence-electron chi connectivity index (χ3n) is 12.4. The minimum absolute atomic E-state index is 0.00885. The summed E-state index contributed by atoms with van der Waals surface area (Å²) in [6.07, 6.45) is -1.56. The fraction of sp³-hybridized carbons (Fsp3) is 0.860. The minimum Gasteiger partial charge on any atom is -0.462 e. The molecular formula is C43H74N2O14. The van der Waals surface area contributed by atoms with Gasteiger partial charge < -0.3 is 72.9 Å². The summed E-state index contributed by atoms with van der Waals surface area (Å²) in [6.45, 7) is 10.8. The lowest BCUT2D eigenvalue weighted by atomic mass is 9.82. The predicted octanol–water partition coefficient (Wildman–Crippen LogP) is 2.33. The Morgan fingerprint density at radius 3 is 2.17 bits per heavy atom. The summed E-state index contributed by atoms with van der Waals surface area (Å²) in [4.78, 5) is 29.5. The van der Waals surface area contributed by atoms with Crippen molar-refractivity contribution in [2.75, 3.05) is 35.3 Å². The van der Waals surface area contributed by atoms with Crippen LogP contribution in [0.2, 0.25) is 0 Å². The maximum atomic E-state index is 13.1. The van der Waals surface area contributed by atoms with Gasteiger partial charge in [0.2, 0.25) is 0 Å². The van der Waals surface area contributed by atoms with Gasteiger partial charge in [-0.3, -0.25) is 4.79 Å². The van der Waals surface area contributed by atoms with Crippen LogP contribution < -0.4 is 0 Å². The number of hydrogen-bond acceptors (Lipinski definition) is 16. The largest absolute Gasteiger partial charge is 0.462 e. The highest BCUT2D eigenvalue weighted by Gasteiger charge is 2.52. The number of esters is 1. The number of carbonyl (C=O) groups excluding carboxylic acids is 2. The summed E-state index contributed by atoms with van der Waals surface area (Å²) in [5.74, 6) is -1.47. The van der Waals surface area contributed by atoms with E-state index in [4.69, 9.17) is 37.9 Å². The van der Waals surface area contributed by atoms with Gasteiger partial charge in [0.15, 0.2) is 18.9 Å². The molecule has 0 radical (unpaired) electrons. The smallest absolute Gasteiger partial charge is 0.308 e. The van der Waals surface area contributed by atoms with Gasteiger partial charge in [-0.2, -0.15) is 0 Å². The van der Waals surface area contributed by atoms with Crippen LogP contribution in [0, 0.1) is 11.8 Å². The number of ether oxygens (including phenoxy) is 8. The zero-order chi connectivity index (χ0) is 43.8. The van der Waals surface area contributed by atoms with Crippen LogP contribution >= 0.6 is 0 Å². The van der Waals surface area contributed by atoms with Crippen molar-refractivity contribution in [1.29, 1.82) is 0 Å². The lowest BCUT2D eigenvalue weighted by molar-refractivity contribution is -0.344. The van der Waals surface area contributed by atoms with Crippen molar-refractivity contribution in [3.63, 3.8) is 0 Å². The summed E-state index contributed by atoms with van der Waals surface area (Å²) in [7, 11) is 9.03. The predicted molar refractivity (Wildman–Crippen MR) is 217 cm³/mol. The van der Waals surface area contributed by atoms with Gasteiger partial charge in [-0.05, 0) is 93.9 Å². The van der Waals surface area contributed by atoms with E-state index in [1.165, 1.54) is 14.0 Å². The average Bonchev–Trinajstić information content (AvgIpc) is 3.13. The van der Waals surface area contributed by atoms with E-state index in [1.807, 2.05) is 52.2 Å². The molecule has 0 amide bonds. The van der Waals surface area contributed by atoms with Crippen LogP contribution in [0.1, 0.15) is 86.5 Å². The molecule has 0 spiro atoms. The van der Waals surface area contributed by atoms with Crippen molar-refractivity contribution in [1.82, 2.24) is 9.80 Å². The van der Waals surface area contributed by atoms with Gasteiger partial charge >= 0.3 is 5.97 Å². The van der Waals surface area contributed by atoms with E-state index in [0.29, 0.717) is 19.3 Å². The summed E-state index contributed by atoms with van der Waals surface area (Å²) >= 11 is 0. The van der Waals surface area contributed by atoms with Crippen LogP contribution in [-0.2, 0) is 47.5 Å². The number of cyclic esters (lactones) is 1. The molecule has 16 heteroatoms. The molecule has 0 aromatic heterocycles. The first-order chi connectivity index (χ1) is 27.8. The number of likely N-dealkylation sites (N-methyl/N-ethyl adjacent to an activating group) is 2.